The molecule has 3 N–H and O–H groups in total. The van der Waals surface area contributed by atoms with E-state index in [0.717, 1.165) is 18.1 Å². The first-order chi connectivity index (χ1) is 10.2. The highest BCUT2D eigenvalue weighted by atomic mass is 32.1. The van der Waals surface area contributed by atoms with Crippen molar-refractivity contribution in [2.24, 2.45) is 0 Å². The Labute approximate surface area is 128 Å². The molecule has 0 unspecified atom stereocenters. The van der Waals surface area contributed by atoms with Gasteiger partial charge in [-0.1, -0.05) is 0 Å². The molecule has 0 saturated heterocycles. The molecule has 7 heteroatoms. The van der Waals surface area contributed by atoms with Gasteiger partial charge in [0.1, 0.15) is 5.82 Å². The monoisotopic (exact) mass is 305 g/mol. The first kappa shape index (κ1) is 15.2. The minimum atomic E-state index is -0.0507. The molecule has 2 aromatic rings. The molecule has 112 valence electrons. The molecule has 0 aliphatic carbocycles. The summed E-state index contributed by atoms with van der Waals surface area (Å²) < 4.78 is 0. The minimum Gasteiger partial charge on any atom is -0.368 e. The van der Waals surface area contributed by atoms with Crippen LogP contribution in [-0.2, 0) is 0 Å². The summed E-state index contributed by atoms with van der Waals surface area (Å²) in [5.74, 6) is 1.32. The van der Waals surface area contributed by atoms with Crippen LogP contribution >= 0.6 is 11.3 Å². The molecule has 0 bridgehead atoms. The van der Waals surface area contributed by atoms with Crippen molar-refractivity contribution in [2.45, 2.75) is 13.8 Å². The summed E-state index contributed by atoms with van der Waals surface area (Å²) in [4.78, 5) is 20.4. The van der Waals surface area contributed by atoms with E-state index in [1.165, 1.54) is 11.3 Å². The van der Waals surface area contributed by atoms with E-state index in [-0.39, 0.29) is 5.91 Å². The number of aryl methyl sites for hydroxylation is 1. The maximum atomic E-state index is 11.7. The van der Waals surface area contributed by atoms with E-state index < -0.39 is 0 Å². The molecule has 0 spiro atoms. The number of rotatable bonds is 7. The number of amides is 1. The van der Waals surface area contributed by atoms with Crippen molar-refractivity contribution < 1.29 is 4.79 Å². The van der Waals surface area contributed by atoms with Gasteiger partial charge >= 0.3 is 0 Å². The SMILES string of the molecule is CCNc1nc(C)cc(NCCNC(=O)c2ccsc2)n1. The predicted octanol–water partition coefficient (Wildman–Crippen LogP) is 2.12. The van der Waals surface area contributed by atoms with Crippen LogP contribution in [-0.4, -0.2) is 35.5 Å². The van der Waals surface area contributed by atoms with Gasteiger partial charge in [0.15, 0.2) is 0 Å². The van der Waals surface area contributed by atoms with E-state index in [9.17, 15) is 4.79 Å². The molecule has 0 fully saturated rings. The van der Waals surface area contributed by atoms with Gasteiger partial charge in [-0.05, 0) is 25.3 Å². The molecule has 2 rings (SSSR count). The van der Waals surface area contributed by atoms with Crippen molar-refractivity contribution >= 4 is 29.0 Å². The fourth-order valence-corrected chi connectivity index (χ4v) is 2.39. The molecule has 1 amide bonds. The van der Waals surface area contributed by atoms with E-state index in [4.69, 9.17) is 0 Å². The second-order valence-electron chi connectivity index (χ2n) is 4.44. The molecule has 0 saturated carbocycles. The molecule has 2 aromatic heterocycles. The highest BCUT2D eigenvalue weighted by Gasteiger charge is 2.05. The normalized spacial score (nSPS) is 10.2. The average Bonchev–Trinajstić information content (AvgIpc) is 2.97. The molecule has 2 heterocycles. The summed E-state index contributed by atoms with van der Waals surface area (Å²) >= 11 is 1.51. The van der Waals surface area contributed by atoms with Gasteiger partial charge < -0.3 is 16.0 Å². The van der Waals surface area contributed by atoms with Gasteiger partial charge in [-0.25, -0.2) is 4.98 Å². The highest BCUT2D eigenvalue weighted by Crippen LogP contribution is 2.09. The summed E-state index contributed by atoms with van der Waals surface area (Å²) in [7, 11) is 0. The average molecular weight is 305 g/mol. The molecule has 0 atom stereocenters. The van der Waals surface area contributed by atoms with Crippen LogP contribution in [0.4, 0.5) is 11.8 Å². The number of hydrogen-bond donors (Lipinski definition) is 3. The van der Waals surface area contributed by atoms with Crippen LogP contribution in [0.2, 0.25) is 0 Å². The number of carbonyl (C=O) groups excluding carboxylic acids is 1. The number of nitrogens with zero attached hydrogens (tertiary/aromatic N) is 2. The smallest absolute Gasteiger partial charge is 0.252 e. The Hall–Kier alpha value is -2.15. The summed E-state index contributed by atoms with van der Waals surface area (Å²) in [6, 6.07) is 3.69. The predicted molar refractivity (Wildman–Crippen MR) is 86.1 cm³/mol. The first-order valence-corrected chi connectivity index (χ1v) is 7.77. The highest BCUT2D eigenvalue weighted by molar-refractivity contribution is 7.08. The zero-order valence-electron chi connectivity index (χ0n) is 12.1. The van der Waals surface area contributed by atoms with Crippen molar-refractivity contribution in [3.05, 3.63) is 34.2 Å². The van der Waals surface area contributed by atoms with Gasteiger partial charge in [-0.3, -0.25) is 4.79 Å². The number of aromatic nitrogens is 2. The number of carbonyl (C=O) groups is 1. The standard InChI is InChI=1S/C14H19N5OS/c1-3-15-14-18-10(2)8-12(19-14)16-5-6-17-13(20)11-4-7-21-9-11/h4,7-9H,3,5-6H2,1-2H3,(H,17,20)(H2,15,16,18,19). The van der Waals surface area contributed by atoms with E-state index >= 15 is 0 Å². The quantitative estimate of drug-likeness (QED) is 0.683. The molecule has 0 aliphatic heterocycles. The van der Waals surface area contributed by atoms with Crippen LogP contribution in [0, 0.1) is 6.92 Å². The number of nitrogens with one attached hydrogen (secondary N) is 3. The molecule has 0 aliphatic rings. The Morgan fingerprint density at radius 3 is 2.86 bits per heavy atom. The summed E-state index contributed by atoms with van der Waals surface area (Å²) in [5, 5.41) is 12.8. The minimum absolute atomic E-state index is 0.0507. The fraction of sp³-hybridized carbons (Fsp3) is 0.357. The lowest BCUT2D eigenvalue weighted by Gasteiger charge is -2.09. The van der Waals surface area contributed by atoms with Crippen LogP contribution in [0.3, 0.4) is 0 Å². The Morgan fingerprint density at radius 1 is 1.29 bits per heavy atom. The van der Waals surface area contributed by atoms with Gasteiger partial charge in [-0.2, -0.15) is 16.3 Å². The summed E-state index contributed by atoms with van der Waals surface area (Å²) in [5.41, 5.74) is 1.60. The molecule has 0 radical (unpaired) electrons. The van der Waals surface area contributed by atoms with Crippen molar-refractivity contribution in [2.75, 3.05) is 30.3 Å². The molecular weight excluding hydrogens is 286 g/mol. The van der Waals surface area contributed by atoms with Crippen LogP contribution in [0.1, 0.15) is 23.0 Å². The Morgan fingerprint density at radius 2 is 2.14 bits per heavy atom. The van der Waals surface area contributed by atoms with Crippen LogP contribution < -0.4 is 16.0 Å². The Kier molecular flexibility index (Phi) is 5.51. The lowest BCUT2D eigenvalue weighted by atomic mass is 10.3. The summed E-state index contributed by atoms with van der Waals surface area (Å²) in [6.07, 6.45) is 0. The Balaban J connectivity index is 1.79. The maximum absolute atomic E-state index is 11.7. The zero-order chi connectivity index (χ0) is 15.1. The van der Waals surface area contributed by atoms with Crippen LogP contribution in [0.15, 0.2) is 22.9 Å². The van der Waals surface area contributed by atoms with E-state index in [2.05, 4.69) is 25.9 Å². The van der Waals surface area contributed by atoms with Gasteiger partial charge in [0.05, 0.1) is 0 Å². The molecule has 0 aromatic carbocycles. The second kappa shape index (κ2) is 7.58. The van der Waals surface area contributed by atoms with Crippen molar-refractivity contribution in [3.8, 4) is 0 Å². The van der Waals surface area contributed by atoms with Crippen LogP contribution in [0.25, 0.3) is 0 Å². The lowest BCUT2D eigenvalue weighted by Crippen LogP contribution is -2.28. The largest absolute Gasteiger partial charge is 0.368 e. The van der Waals surface area contributed by atoms with E-state index in [1.54, 1.807) is 0 Å². The van der Waals surface area contributed by atoms with Crippen molar-refractivity contribution in [1.29, 1.82) is 0 Å². The number of thiophene rings is 1. The van der Waals surface area contributed by atoms with Gasteiger partial charge in [-0.15, -0.1) is 0 Å². The maximum Gasteiger partial charge on any atom is 0.252 e. The third-order valence-electron chi connectivity index (χ3n) is 2.69. The lowest BCUT2D eigenvalue weighted by molar-refractivity contribution is 0.0955. The van der Waals surface area contributed by atoms with Gasteiger partial charge in [0.2, 0.25) is 5.95 Å². The van der Waals surface area contributed by atoms with E-state index in [1.807, 2.05) is 36.7 Å². The van der Waals surface area contributed by atoms with Crippen molar-refractivity contribution in [3.63, 3.8) is 0 Å². The van der Waals surface area contributed by atoms with Gasteiger partial charge in [0.25, 0.3) is 5.91 Å². The zero-order valence-corrected chi connectivity index (χ0v) is 13.0. The fourth-order valence-electron chi connectivity index (χ4n) is 1.76. The second-order valence-corrected chi connectivity index (χ2v) is 5.22. The number of anilines is 2. The third kappa shape index (κ3) is 4.71. The van der Waals surface area contributed by atoms with E-state index in [0.29, 0.717) is 24.6 Å². The van der Waals surface area contributed by atoms with Crippen LogP contribution in [0.5, 0.6) is 0 Å². The first-order valence-electron chi connectivity index (χ1n) is 6.83. The summed E-state index contributed by atoms with van der Waals surface area (Å²) in [6.45, 7) is 5.84. The third-order valence-corrected chi connectivity index (χ3v) is 3.37. The molecular formula is C14H19N5OS. The molecule has 21 heavy (non-hydrogen) atoms. The number of hydrogen-bond acceptors (Lipinski definition) is 6. The topological polar surface area (TPSA) is 78.9 Å². The molecule has 6 nitrogen and oxygen atoms in total. The Bertz CT molecular complexity index is 585. The van der Waals surface area contributed by atoms with Gasteiger partial charge in [0, 0.05) is 42.3 Å². The van der Waals surface area contributed by atoms with Crippen molar-refractivity contribution in [1.82, 2.24) is 15.3 Å².